The van der Waals surface area contributed by atoms with Crippen molar-refractivity contribution in [1.82, 2.24) is 0 Å². The summed E-state index contributed by atoms with van der Waals surface area (Å²) in [6.07, 6.45) is 3.90. The Morgan fingerprint density at radius 3 is 2.31 bits per heavy atom. The molecule has 208 valence electrons. The van der Waals surface area contributed by atoms with Crippen molar-refractivity contribution in [2.75, 3.05) is 4.90 Å². The minimum atomic E-state index is -0.695. The second-order valence-electron chi connectivity index (χ2n) is 11.6. The number of carbonyl (C=O) groups excluding carboxylic acids is 5. The molecule has 3 aromatic carbocycles. The summed E-state index contributed by atoms with van der Waals surface area (Å²) >= 11 is 0. The SMILES string of the molecule is CC(=O)c1ccc(N2C(=O)[C@H]3[C@H](CC=C4[C@H](c5ccc(O)c6ccccc56)C5=C(C[C@H]43)C(=O)C(C)=CC5=O)C2=O)cc1. The molecule has 1 N–H and O–H groups in total. The molecule has 0 radical (unpaired) electrons. The van der Waals surface area contributed by atoms with Crippen molar-refractivity contribution in [3.63, 3.8) is 0 Å². The number of hydrogen-bond acceptors (Lipinski definition) is 6. The molecular formula is C35H27NO6. The summed E-state index contributed by atoms with van der Waals surface area (Å²) in [6, 6.07) is 17.2. The van der Waals surface area contributed by atoms with Crippen molar-refractivity contribution >= 4 is 45.6 Å². The van der Waals surface area contributed by atoms with Crippen LogP contribution in [-0.2, 0) is 19.2 Å². The van der Waals surface area contributed by atoms with E-state index in [9.17, 15) is 29.1 Å². The average molecular weight is 558 g/mol. The Kier molecular flexibility index (Phi) is 5.77. The van der Waals surface area contributed by atoms with E-state index in [0.29, 0.717) is 39.8 Å². The number of amides is 2. The number of imide groups is 1. The molecule has 1 saturated heterocycles. The van der Waals surface area contributed by atoms with E-state index in [1.807, 2.05) is 24.3 Å². The molecule has 0 saturated carbocycles. The maximum atomic E-state index is 14.1. The van der Waals surface area contributed by atoms with E-state index in [1.54, 1.807) is 49.4 Å². The third-order valence-electron chi connectivity index (χ3n) is 9.34. The fourth-order valence-electron chi connectivity index (χ4n) is 7.40. The van der Waals surface area contributed by atoms with Gasteiger partial charge < -0.3 is 5.11 Å². The van der Waals surface area contributed by atoms with E-state index in [2.05, 4.69) is 0 Å². The zero-order valence-electron chi connectivity index (χ0n) is 23.1. The Balaban J connectivity index is 1.38. The zero-order chi connectivity index (χ0) is 29.4. The lowest BCUT2D eigenvalue weighted by atomic mass is 9.59. The van der Waals surface area contributed by atoms with Crippen molar-refractivity contribution in [2.24, 2.45) is 17.8 Å². The molecule has 0 aromatic heterocycles. The summed E-state index contributed by atoms with van der Waals surface area (Å²) in [6.45, 7) is 3.08. The van der Waals surface area contributed by atoms with Gasteiger partial charge in [0.2, 0.25) is 11.8 Å². The molecule has 3 aliphatic carbocycles. The summed E-state index contributed by atoms with van der Waals surface area (Å²) in [5.74, 6) is -3.43. The number of benzene rings is 3. The van der Waals surface area contributed by atoms with Crippen LogP contribution >= 0.6 is 0 Å². The molecular weight excluding hydrogens is 530 g/mol. The van der Waals surface area contributed by atoms with Crippen LogP contribution < -0.4 is 4.90 Å². The maximum absolute atomic E-state index is 14.1. The summed E-state index contributed by atoms with van der Waals surface area (Å²) < 4.78 is 0. The molecule has 1 fully saturated rings. The van der Waals surface area contributed by atoms with Gasteiger partial charge in [0.05, 0.1) is 17.5 Å². The van der Waals surface area contributed by atoms with Gasteiger partial charge in [0, 0.05) is 33.6 Å². The highest BCUT2D eigenvalue weighted by molar-refractivity contribution is 6.25. The number of fused-ring (bicyclic) bond motifs is 4. The normalized spacial score (nSPS) is 25.2. The number of phenolic OH excluding ortho intramolecular Hbond substituents is 1. The molecule has 42 heavy (non-hydrogen) atoms. The maximum Gasteiger partial charge on any atom is 0.238 e. The summed E-state index contributed by atoms with van der Waals surface area (Å²) in [5, 5.41) is 12.0. The third-order valence-corrected chi connectivity index (χ3v) is 9.34. The van der Waals surface area contributed by atoms with Crippen LogP contribution in [0.15, 0.2) is 95.1 Å². The molecule has 7 nitrogen and oxygen atoms in total. The molecule has 7 rings (SSSR count). The van der Waals surface area contributed by atoms with Crippen molar-refractivity contribution < 1.29 is 29.1 Å². The molecule has 1 aliphatic heterocycles. The first-order chi connectivity index (χ1) is 20.2. The molecule has 4 atom stereocenters. The van der Waals surface area contributed by atoms with Gasteiger partial charge in [-0.15, -0.1) is 0 Å². The van der Waals surface area contributed by atoms with Crippen LogP contribution in [0.5, 0.6) is 5.75 Å². The molecule has 2 amide bonds. The van der Waals surface area contributed by atoms with Gasteiger partial charge in [0.15, 0.2) is 17.3 Å². The lowest BCUT2D eigenvalue weighted by Crippen LogP contribution is -2.39. The predicted octanol–water partition coefficient (Wildman–Crippen LogP) is 5.38. The minimum absolute atomic E-state index is 0.110. The van der Waals surface area contributed by atoms with Crippen molar-refractivity contribution in [3.05, 3.63) is 106 Å². The van der Waals surface area contributed by atoms with Gasteiger partial charge in [0.1, 0.15) is 5.75 Å². The van der Waals surface area contributed by atoms with Crippen molar-refractivity contribution in [3.8, 4) is 5.75 Å². The number of aromatic hydroxyl groups is 1. The van der Waals surface area contributed by atoms with E-state index >= 15 is 0 Å². The van der Waals surface area contributed by atoms with E-state index < -0.39 is 23.7 Å². The minimum Gasteiger partial charge on any atom is -0.507 e. The van der Waals surface area contributed by atoms with E-state index in [-0.39, 0.29) is 41.3 Å². The predicted molar refractivity (Wildman–Crippen MR) is 156 cm³/mol. The Bertz CT molecular complexity index is 1870. The summed E-state index contributed by atoms with van der Waals surface area (Å²) in [4.78, 5) is 67.9. The first-order valence-corrected chi connectivity index (χ1v) is 14.1. The molecule has 4 aliphatic rings. The number of hydrogen-bond donors (Lipinski definition) is 1. The number of carbonyl (C=O) groups is 5. The number of allylic oxidation sites excluding steroid dienone is 6. The standard InChI is InChI=1S/C35H27NO6/c1-17-15-29(39)32-27(33(17)40)16-26-24(30(32)23-13-14-28(38)22-6-4-3-5-21(22)23)11-12-25-31(26)35(42)36(34(25)41)20-9-7-19(8-10-20)18(2)37/h3-11,13-15,25-26,30-31,38H,12,16H2,1-2H3/t25-,26+,30-,31-/m0/s1. The highest BCUT2D eigenvalue weighted by Gasteiger charge is 2.56. The number of ketones is 3. The van der Waals surface area contributed by atoms with Crippen LogP contribution in [0.2, 0.25) is 0 Å². The van der Waals surface area contributed by atoms with Crippen molar-refractivity contribution in [2.45, 2.75) is 32.6 Å². The van der Waals surface area contributed by atoms with Crippen LogP contribution in [0.25, 0.3) is 10.8 Å². The van der Waals surface area contributed by atoms with E-state index in [4.69, 9.17) is 0 Å². The van der Waals surface area contributed by atoms with Crippen molar-refractivity contribution in [1.29, 1.82) is 0 Å². The molecule has 7 heteroatoms. The molecule has 0 spiro atoms. The zero-order valence-corrected chi connectivity index (χ0v) is 23.1. The van der Waals surface area contributed by atoms with Crippen LogP contribution in [0, 0.1) is 17.8 Å². The quantitative estimate of drug-likeness (QED) is 0.200. The largest absolute Gasteiger partial charge is 0.507 e. The van der Waals surface area contributed by atoms with Gasteiger partial charge in [0.25, 0.3) is 0 Å². The Hall–Kier alpha value is -4.91. The average Bonchev–Trinajstić information content (AvgIpc) is 3.25. The second-order valence-corrected chi connectivity index (χ2v) is 11.6. The molecule has 0 bridgehead atoms. The highest BCUT2D eigenvalue weighted by atomic mass is 16.3. The number of nitrogens with zero attached hydrogens (tertiary/aromatic N) is 1. The number of Topliss-reactive ketones (excluding diaryl/α,β-unsaturated/α-hetero) is 2. The van der Waals surface area contributed by atoms with Gasteiger partial charge in [-0.05, 0) is 80.0 Å². The van der Waals surface area contributed by atoms with Gasteiger partial charge in [-0.2, -0.15) is 0 Å². The topological polar surface area (TPSA) is 109 Å². The summed E-state index contributed by atoms with van der Waals surface area (Å²) in [7, 11) is 0. The first kappa shape index (κ1) is 26.0. The first-order valence-electron chi connectivity index (χ1n) is 14.1. The fraction of sp³-hybridized carbons (Fsp3) is 0.229. The monoisotopic (exact) mass is 557 g/mol. The third kappa shape index (κ3) is 3.62. The summed E-state index contributed by atoms with van der Waals surface area (Å²) in [5.41, 5.74) is 3.69. The molecule has 1 heterocycles. The highest BCUT2D eigenvalue weighted by Crippen LogP contribution is 2.56. The van der Waals surface area contributed by atoms with E-state index in [1.165, 1.54) is 17.9 Å². The Labute approximate surface area is 241 Å². The number of anilines is 1. The van der Waals surface area contributed by atoms with Gasteiger partial charge >= 0.3 is 0 Å². The van der Waals surface area contributed by atoms with Gasteiger partial charge in [-0.25, -0.2) is 0 Å². The Morgan fingerprint density at radius 1 is 0.881 bits per heavy atom. The smallest absolute Gasteiger partial charge is 0.238 e. The van der Waals surface area contributed by atoms with Crippen LogP contribution in [-0.4, -0.2) is 34.3 Å². The lowest BCUT2D eigenvalue weighted by Gasteiger charge is -2.42. The van der Waals surface area contributed by atoms with Crippen LogP contribution in [0.3, 0.4) is 0 Å². The second kappa shape index (κ2) is 9.31. The Morgan fingerprint density at radius 2 is 1.60 bits per heavy atom. The number of phenols is 1. The van der Waals surface area contributed by atoms with Crippen LogP contribution in [0.4, 0.5) is 5.69 Å². The lowest BCUT2D eigenvalue weighted by molar-refractivity contribution is -0.123. The van der Waals surface area contributed by atoms with Gasteiger partial charge in [-0.1, -0.05) is 42.0 Å². The molecule has 3 aromatic rings. The van der Waals surface area contributed by atoms with Crippen LogP contribution in [0.1, 0.15) is 48.5 Å². The van der Waals surface area contributed by atoms with E-state index in [0.717, 1.165) is 16.5 Å². The number of rotatable bonds is 3. The molecule has 0 unspecified atom stereocenters. The fourth-order valence-corrected chi connectivity index (χ4v) is 7.40. The van der Waals surface area contributed by atoms with Gasteiger partial charge in [-0.3, -0.25) is 28.9 Å².